The fourth-order valence-electron chi connectivity index (χ4n) is 3.33. The molecule has 0 saturated heterocycles. The normalized spacial score (nSPS) is 17.6. The van der Waals surface area contributed by atoms with Crippen molar-refractivity contribution in [1.82, 2.24) is 10.9 Å². The number of carbonyl (C=O) groups is 1. The zero-order chi connectivity index (χ0) is 23.4. The lowest BCUT2D eigenvalue weighted by Gasteiger charge is -2.21. The molecule has 2 aromatic rings. The Bertz CT molecular complexity index is 928. The maximum Gasteiger partial charge on any atom is 0.266 e. The second-order valence-corrected chi connectivity index (χ2v) is 7.94. The zero-order valence-corrected chi connectivity index (χ0v) is 19.1. The van der Waals surface area contributed by atoms with Crippen LogP contribution in [0.1, 0.15) is 43.7 Å². The van der Waals surface area contributed by atoms with Gasteiger partial charge in [0.05, 0.1) is 6.61 Å². The number of aliphatic hydroxyl groups is 1. The van der Waals surface area contributed by atoms with Gasteiger partial charge in [0, 0.05) is 31.6 Å². The molecule has 3 N–H and O–H groups in total. The summed E-state index contributed by atoms with van der Waals surface area (Å²) in [7, 11) is 0. The number of unbranched alkanes of at least 4 members (excludes halogenated alkanes) is 1. The molecule has 0 aromatic heterocycles. The molecule has 0 radical (unpaired) electrons. The van der Waals surface area contributed by atoms with E-state index in [2.05, 4.69) is 17.8 Å². The number of ether oxygens (including phenoxy) is 2. The van der Waals surface area contributed by atoms with Crippen LogP contribution >= 0.6 is 0 Å². The second kappa shape index (κ2) is 12.8. The summed E-state index contributed by atoms with van der Waals surface area (Å²) in [6, 6.07) is 17.3. The fourth-order valence-corrected chi connectivity index (χ4v) is 3.33. The van der Waals surface area contributed by atoms with Crippen LogP contribution in [0.25, 0.3) is 6.08 Å². The first-order valence-corrected chi connectivity index (χ1v) is 11.5. The van der Waals surface area contributed by atoms with E-state index >= 15 is 0 Å². The molecule has 0 aliphatic carbocycles. The Hall–Kier alpha value is -3.16. The molecule has 7 nitrogen and oxygen atoms in total. The maximum atomic E-state index is 13.1. The Labute approximate surface area is 195 Å². The first-order chi connectivity index (χ1) is 16.2. The lowest BCUT2D eigenvalue weighted by molar-refractivity contribution is -0.127. The van der Waals surface area contributed by atoms with Gasteiger partial charge in [-0.1, -0.05) is 55.8 Å². The highest BCUT2D eigenvalue weighted by Gasteiger charge is 2.43. The summed E-state index contributed by atoms with van der Waals surface area (Å²) in [5.74, 6) is 0.935. The monoisotopic (exact) mass is 451 g/mol. The number of amides is 1. The summed E-state index contributed by atoms with van der Waals surface area (Å²) in [6.45, 7) is 3.52. The van der Waals surface area contributed by atoms with Gasteiger partial charge in [-0.25, -0.2) is 10.4 Å². The van der Waals surface area contributed by atoms with Gasteiger partial charge >= 0.3 is 0 Å². The zero-order valence-electron chi connectivity index (χ0n) is 19.1. The highest BCUT2D eigenvalue weighted by molar-refractivity contribution is 6.00. The van der Waals surface area contributed by atoms with Gasteiger partial charge in [-0.2, -0.15) is 0 Å². The number of hydrazine groups is 1. The van der Waals surface area contributed by atoms with Crippen LogP contribution < -0.4 is 15.6 Å². The van der Waals surface area contributed by atoms with E-state index in [9.17, 15) is 4.79 Å². The Morgan fingerprint density at radius 2 is 1.97 bits per heavy atom. The van der Waals surface area contributed by atoms with Crippen molar-refractivity contribution in [2.75, 3.05) is 26.4 Å². The molecule has 0 unspecified atom stereocenters. The van der Waals surface area contributed by atoms with Gasteiger partial charge < -0.3 is 14.6 Å². The number of aliphatic hydroxyl groups excluding tert-OH is 1. The number of nitrogens with zero attached hydrogens (tertiary/aromatic N) is 1. The van der Waals surface area contributed by atoms with Gasteiger partial charge in [0.1, 0.15) is 12.4 Å². The predicted molar refractivity (Wildman–Crippen MR) is 130 cm³/mol. The van der Waals surface area contributed by atoms with E-state index < -0.39 is 5.54 Å². The minimum absolute atomic E-state index is 0.0961. The third kappa shape index (κ3) is 7.17. The van der Waals surface area contributed by atoms with Gasteiger partial charge in [0.15, 0.2) is 5.54 Å². The lowest BCUT2D eigenvalue weighted by atomic mass is 9.95. The van der Waals surface area contributed by atoms with E-state index in [0.29, 0.717) is 37.6 Å². The SMILES string of the molecule is CCCCNNC(=O)[C@]1(C/C=C/c2ccccc2)COC(c2ccc(OCCCO)cc2)=N1. The summed E-state index contributed by atoms with van der Waals surface area (Å²) in [5.41, 5.74) is 6.61. The Kier molecular flexibility index (Phi) is 9.47. The van der Waals surface area contributed by atoms with Crippen molar-refractivity contribution in [2.45, 2.75) is 38.1 Å². The Morgan fingerprint density at radius 3 is 2.70 bits per heavy atom. The topological polar surface area (TPSA) is 92.2 Å². The van der Waals surface area contributed by atoms with Gasteiger partial charge in [-0.15, -0.1) is 0 Å². The molecule has 1 aliphatic heterocycles. The molecular weight excluding hydrogens is 418 g/mol. The average Bonchev–Trinajstić information content (AvgIpc) is 3.29. The minimum atomic E-state index is -1.05. The van der Waals surface area contributed by atoms with Crippen molar-refractivity contribution in [2.24, 2.45) is 4.99 Å². The quantitative estimate of drug-likeness (QED) is 0.320. The number of aliphatic imine (C=N–C) groups is 1. The first-order valence-electron chi connectivity index (χ1n) is 11.5. The molecule has 1 heterocycles. The van der Waals surface area contributed by atoms with Crippen molar-refractivity contribution < 1.29 is 19.4 Å². The number of hydrogen-bond acceptors (Lipinski definition) is 6. The second-order valence-electron chi connectivity index (χ2n) is 7.94. The molecule has 1 amide bonds. The number of carbonyl (C=O) groups excluding carboxylic acids is 1. The third-order valence-electron chi connectivity index (χ3n) is 5.28. The van der Waals surface area contributed by atoms with Crippen LogP contribution in [0, 0.1) is 0 Å². The van der Waals surface area contributed by atoms with Crippen molar-refractivity contribution in [1.29, 1.82) is 0 Å². The van der Waals surface area contributed by atoms with E-state index in [1.54, 1.807) is 0 Å². The lowest BCUT2D eigenvalue weighted by Crippen LogP contribution is -2.51. The summed E-state index contributed by atoms with van der Waals surface area (Å²) >= 11 is 0. The number of rotatable bonds is 13. The predicted octanol–water partition coefficient (Wildman–Crippen LogP) is 3.49. The summed E-state index contributed by atoms with van der Waals surface area (Å²) in [5, 5.41) is 8.88. The van der Waals surface area contributed by atoms with Crippen LogP contribution in [0.3, 0.4) is 0 Å². The molecule has 33 heavy (non-hydrogen) atoms. The summed E-state index contributed by atoms with van der Waals surface area (Å²) in [6.07, 6.45) is 6.96. The molecule has 176 valence electrons. The third-order valence-corrected chi connectivity index (χ3v) is 5.28. The molecule has 2 aromatic carbocycles. The smallest absolute Gasteiger partial charge is 0.266 e. The van der Waals surface area contributed by atoms with Crippen molar-refractivity contribution in [3.8, 4) is 5.75 Å². The first kappa shape index (κ1) is 24.5. The van der Waals surface area contributed by atoms with Crippen LogP contribution in [0.2, 0.25) is 0 Å². The minimum Gasteiger partial charge on any atom is -0.494 e. The molecule has 7 heteroatoms. The number of hydrogen-bond donors (Lipinski definition) is 3. The number of benzene rings is 2. The summed E-state index contributed by atoms with van der Waals surface area (Å²) < 4.78 is 11.5. The van der Waals surface area contributed by atoms with Gasteiger partial charge in [-0.3, -0.25) is 10.2 Å². The molecule has 1 aliphatic rings. The largest absolute Gasteiger partial charge is 0.494 e. The highest BCUT2D eigenvalue weighted by Crippen LogP contribution is 2.27. The standard InChI is InChI=1S/C26H33N3O4/c1-2-3-17-27-29-25(31)26(16-7-11-21-9-5-4-6-10-21)20-33-24(28-26)22-12-14-23(15-13-22)32-19-8-18-30/h4-7,9-15,27,30H,2-3,8,16-20H2,1H3,(H,29,31)/b11-7+/t26-/m0/s1. The van der Waals surface area contributed by atoms with Crippen molar-refractivity contribution in [3.05, 3.63) is 71.8 Å². The molecule has 0 saturated carbocycles. The fraction of sp³-hybridized carbons (Fsp3) is 0.385. The maximum absolute atomic E-state index is 13.1. The van der Waals surface area contributed by atoms with Crippen molar-refractivity contribution >= 4 is 17.9 Å². The van der Waals surface area contributed by atoms with Gasteiger partial charge in [0.25, 0.3) is 5.91 Å². The van der Waals surface area contributed by atoms with Crippen LogP contribution in [0.4, 0.5) is 0 Å². The van der Waals surface area contributed by atoms with Crippen LogP contribution in [0.5, 0.6) is 5.75 Å². The van der Waals surface area contributed by atoms with Crippen LogP contribution in [-0.4, -0.2) is 48.8 Å². The van der Waals surface area contributed by atoms with E-state index in [1.165, 1.54) is 0 Å². The Balaban J connectivity index is 1.74. The molecule has 3 rings (SSSR count). The number of nitrogens with one attached hydrogen (secondary N) is 2. The Morgan fingerprint density at radius 1 is 1.18 bits per heavy atom. The van der Waals surface area contributed by atoms with Gasteiger partial charge in [0.2, 0.25) is 5.90 Å². The molecule has 1 atom stereocenters. The highest BCUT2D eigenvalue weighted by atomic mass is 16.5. The van der Waals surface area contributed by atoms with E-state index in [0.717, 1.165) is 24.0 Å². The van der Waals surface area contributed by atoms with Crippen LogP contribution in [-0.2, 0) is 9.53 Å². The van der Waals surface area contributed by atoms with Crippen LogP contribution in [0.15, 0.2) is 65.7 Å². The van der Waals surface area contributed by atoms with Gasteiger partial charge in [-0.05, 0) is 36.2 Å². The van der Waals surface area contributed by atoms with E-state index in [1.807, 2.05) is 66.7 Å². The summed E-state index contributed by atoms with van der Waals surface area (Å²) in [4.78, 5) is 17.9. The van der Waals surface area contributed by atoms with Crippen molar-refractivity contribution in [3.63, 3.8) is 0 Å². The molecule has 0 fully saturated rings. The molecule has 0 bridgehead atoms. The average molecular weight is 452 g/mol. The molecular formula is C26H33N3O4. The van der Waals surface area contributed by atoms with E-state index in [4.69, 9.17) is 19.6 Å². The molecule has 0 spiro atoms. The van der Waals surface area contributed by atoms with E-state index in [-0.39, 0.29) is 19.1 Å².